The van der Waals surface area contributed by atoms with Gasteiger partial charge in [0, 0.05) is 35.4 Å². The minimum Gasteiger partial charge on any atom is -0.481 e. The highest BCUT2D eigenvalue weighted by Crippen LogP contribution is 2.22. The molecule has 2 atom stereocenters. The molecule has 112 valence electrons. The predicted octanol–water partition coefficient (Wildman–Crippen LogP) is 0.944. The topological polar surface area (TPSA) is 95.5 Å². The standard InChI is InChI=1S/C12H24N2O4S/c1-12(2,3)8-9(7-10(15)16)14-11(17)13-5-6-19(4)18/h9H,5-8H2,1-4H3,(H,15,16)(H2,13,14,17). The molecule has 19 heavy (non-hydrogen) atoms. The number of rotatable bonds is 7. The maximum absolute atomic E-state index is 11.6. The Morgan fingerprint density at radius 3 is 2.32 bits per heavy atom. The van der Waals surface area contributed by atoms with Crippen molar-refractivity contribution in [1.29, 1.82) is 0 Å². The number of carbonyl (C=O) groups is 2. The molecular weight excluding hydrogens is 268 g/mol. The van der Waals surface area contributed by atoms with Gasteiger partial charge in [-0.25, -0.2) is 4.79 Å². The van der Waals surface area contributed by atoms with Crippen molar-refractivity contribution in [3.05, 3.63) is 0 Å². The van der Waals surface area contributed by atoms with E-state index in [9.17, 15) is 13.8 Å². The lowest BCUT2D eigenvalue weighted by molar-refractivity contribution is -0.137. The molecular formula is C12H24N2O4S. The van der Waals surface area contributed by atoms with E-state index in [1.54, 1.807) is 6.26 Å². The third-order valence-electron chi connectivity index (χ3n) is 2.29. The van der Waals surface area contributed by atoms with E-state index in [-0.39, 0.29) is 11.8 Å². The molecule has 0 aromatic rings. The number of carboxylic acids is 1. The summed E-state index contributed by atoms with van der Waals surface area (Å²) >= 11 is 0. The molecule has 0 aromatic carbocycles. The van der Waals surface area contributed by atoms with E-state index in [0.29, 0.717) is 18.7 Å². The Hall–Kier alpha value is -1.11. The minimum absolute atomic E-state index is 0.0711. The molecule has 0 fully saturated rings. The van der Waals surface area contributed by atoms with Gasteiger partial charge in [0.25, 0.3) is 0 Å². The first-order valence-corrected chi connectivity index (χ1v) is 7.89. The number of aliphatic carboxylic acids is 1. The molecule has 0 heterocycles. The van der Waals surface area contributed by atoms with Gasteiger partial charge in [-0.15, -0.1) is 0 Å². The average molecular weight is 292 g/mol. The molecule has 0 aromatic heterocycles. The van der Waals surface area contributed by atoms with Crippen molar-refractivity contribution in [3.8, 4) is 0 Å². The average Bonchev–Trinajstić information content (AvgIpc) is 2.12. The summed E-state index contributed by atoms with van der Waals surface area (Å²) in [4.78, 5) is 22.4. The zero-order valence-corrected chi connectivity index (χ0v) is 12.8. The number of urea groups is 1. The van der Waals surface area contributed by atoms with E-state index < -0.39 is 28.8 Å². The lowest BCUT2D eigenvalue weighted by Crippen LogP contribution is -2.45. The van der Waals surface area contributed by atoms with Crippen LogP contribution in [0, 0.1) is 5.41 Å². The van der Waals surface area contributed by atoms with Crippen molar-refractivity contribution in [2.24, 2.45) is 5.41 Å². The third kappa shape index (κ3) is 11.7. The molecule has 2 unspecified atom stereocenters. The Balaban J connectivity index is 4.26. The lowest BCUT2D eigenvalue weighted by Gasteiger charge is -2.25. The van der Waals surface area contributed by atoms with Crippen LogP contribution in [0.5, 0.6) is 0 Å². The van der Waals surface area contributed by atoms with E-state index in [2.05, 4.69) is 10.6 Å². The van der Waals surface area contributed by atoms with Crippen molar-refractivity contribution in [1.82, 2.24) is 10.6 Å². The van der Waals surface area contributed by atoms with Gasteiger partial charge < -0.3 is 15.7 Å². The quantitative estimate of drug-likeness (QED) is 0.651. The summed E-state index contributed by atoms with van der Waals surface area (Å²) in [5.41, 5.74) is -0.0711. The molecule has 0 aliphatic rings. The number of hydrogen-bond donors (Lipinski definition) is 3. The Labute approximate surface area is 116 Å². The van der Waals surface area contributed by atoms with Crippen molar-refractivity contribution in [2.45, 2.75) is 39.7 Å². The molecule has 3 N–H and O–H groups in total. The van der Waals surface area contributed by atoms with Crippen molar-refractivity contribution < 1.29 is 18.9 Å². The van der Waals surface area contributed by atoms with E-state index in [1.165, 1.54) is 0 Å². The molecule has 0 bridgehead atoms. The zero-order chi connectivity index (χ0) is 15.1. The first kappa shape index (κ1) is 17.9. The molecule has 0 saturated heterocycles. The molecule has 0 aliphatic carbocycles. The number of nitrogens with one attached hydrogen (secondary N) is 2. The second kappa shape index (κ2) is 8.14. The Kier molecular flexibility index (Phi) is 7.66. The first-order chi connectivity index (χ1) is 8.60. The fourth-order valence-corrected chi connectivity index (χ4v) is 2.06. The second-order valence-corrected chi connectivity index (χ2v) is 7.29. The third-order valence-corrected chi connectivity index (χ3v) is 3.07. The Morgan fingerprint density at radius 1 is 1.32 bits per heavy atom. The van der Waals surface area contributed by atoms with Gasteiger partial charge in [-0.05, 0) is 11.8 Å². The van der Waals surface area contributed by atoms with Gasteiger partial charge in [0.15, 0.2) is 0 Å². The van der Waals surface area contributed by atoms with Gasteiger partial charge >= 0.3 is 12.0 Å². The van der Waals surface area contributed by atoms with Crippen LogP contribution in [-0.4, -0.2) is 45.9 Å². The molecule has 6 nitrogen and oxygen atoms in total. The Bertz CT molecular complexity index is 339. The fourth-order valence-electron chi connectivity index (χ4n) is 1.67. The van der Waals surface area contributed by atoms with Crippen molar-refractivity contribution >= 4 is 22.8 Å². The van der Waals surface area contributed by atoms with E-state index in [1.807, 2.05) is 20.8 Å². The van der Waals surface area contributed by atoms with E-state index in [0.717, 1.165) is 0 Å². The fraction of sp³-hybridized carbons (Fsp3) is 0.833. The molecule has 0 saturated carbocycles. The molecule has 0 aliphatic heterocycles. The second-order valence-electron chi connectivity index (χ2n) is 5.74. The predicted molar refractivity (Wildman–Crippen MR) is 75.6 cm³/mol. The SMILES string of the molecule is CS(=O)CCNC(=O)NC(CC(=O)O)CC(C)(C)C. The maximum Gasteiger partial charge on any atom is 0.315 e. The van der Waals surface area contributed by atoms with E-state index in [4.69, 9.17) is 5.11 Å². The minimum atomic E-state index is -0.956. The summed E-state index contributed by atoms with van der Waals surface area (Å²) in [5, 5.41) is 14.0. The summed E-state index contributed by atoms with van der Waals surface area (Å²) in [6.07, 6.45) is 2.03. The molecule has 0 rings (SSSR count). The lowest BCUT2D eigenvalue weighted by atomic mass is 9.87. The Morgan fingerprint density at radius 2 is 1.89 bits per heavy atom. The zero-order valence-electron chi connectivity index (χ0n) is 12.0. The summed E-state index contributed by atoms with van der Waals surface area (Å²) < 4.78 is 10.8. The number of hydrogen-bond acceptors (Lipinski definition) is 3. The molecule has 0 radical (unpaired) electrons. The smallest absolute Gasteiger partial charge is 0.315 e. The van der Waals surface area contributed by atoms with Gasteiger partial charge in [-0.2, -0.15) is 0 Å². The van der Waals surface area contributed by atoms with Crippen molar-refractivity contribution in [3.63, 3.8) is 0 Å². The summed E-state index contributed by atoms with van der Waals surface area (Å²) in [7, 11) is -0.956. The van der Waals surface area contributed by atoms with Crippen LogP contribution in [0.25, 0.3) is 0 Å². The maximum atomic E-state index is 11.6. The highest BCUT2D eigenvalue weighted by atomic mass is 32.2. The van der Waals surface area contributed by atoms with Crippen LogP contribution in [0.2, 0.25) is 0 Å². The summed E-state index contributed by atoms with van der Waals surface area (Å²) in [5.74, 6) is -0.555. The normalized spacial score (nSPS) is 14.5. The van der Waals surface area contributed by atoms with Gasteiger partial charge in [0.05, 0.1) is 6.42 Å². The van der Waals surface area contributed by atoms with Crippen LogP contribution in [0.4, 0.5) is 4.79 Å². The monoisotopic (exact) mass is 292 g/mol. The highest BCUT2D eigenvalue weighted by Gasteiger charge is 2.22. The van der Waals surface area contributed by atoms with Crippen molar-refractivity contribution in [2.75, 3.05) is 18.6 Å². The van der Waals surface area contributed by atoms with Gasteiger partial charge in [0.1, 0.15) is 0 Å². The molecule has 0 spiro atoms. The van der Waals surface area contributed by atoms with E-state index >= 15 is 0 Å². The van der Waals surface area contributed by atoms with Crippen LogP contribution in [0.1, 0.15) is 33.6 Å². The van der Waals surface area contributed by atoms with Gasteiger partial charge in [0.2, 0.25) is 0 Å². The van der Waals surface area contributed by atoms with Crippen LogP contribution in [0.3, 0.4) is 0 Å². The summed E-state index contributed by atoms with van der Waals surface area (Å²) in [6.45, 7) is 6.27. The first-order valence-electron chi connectivity index (χ1n) is 6.16. The summed E-state index contributed by atoms with van der Waals surface area (Å²) in [6, 6.07) is -0.828. The molecule has 7 heteroatoms. The van der Waals surface area contributed by atoms with Crippen LogP contribution in [-0.2, 0) is 15.6 Å². The number of carbonyl (C=O) groups excluding carboxylic acids is 1. The van der Waals surface area contributed by atoms with Crippen LogP contribution in [0.15, 0.2) is 0 Å². The highest BCUT2D eigenvalue weighted by molar-refractivity contribution is 7.84. The van der Waals surface area contributed by atoms with Gasteiger partial charge in [-0.1, -0.05) is 20.8 Å². The molecule has 2 amide bonds. The van der Waals surface area contributed by atoms with Crippen LogP contribution >= 0.6 is 0 Å². The van der Waals surface area contributed by atoms with Crippen LogP contribution < -0.4 is 10.6 Å². The number of carboxylic acid groups (broad SMARTS) is 1. The van der Waals surface area contributed by atoms with Gasteiger partial charge in [-0.3, -0.25) is 9.00 Å². The largest absolute Gasteiger partial charge is 0.481 e. The number of amides is 2.